The van der Waals surface area contributed by atoms with Crippen molar-refractivity contribution in [2.75, 3.05) is 25.0 Å². The highest BCUT2D eigenvalue weighted by atomic mass is 15.3. The van der Waals surface area contributed by atoms with Crippen molar-refractivity contribution >= 4 is 5.82 Å². The molecule has 0 atom stereocenters. The molecule has 3 rings (SSSR count). The Labute approximate surface area is 126 Å². The molecule has 4 nitrogen and oxygen atoms in total. The molecule has 0 unspecified atom stereocenters. The largest absolute Gasteiger partial charge is 0.353 e. The van der Waals surface area contributed by atoms with Crippen molar-refractivity contribution in [2.45, 2.75) is 26.4 Å². The number of aromatic nitrogens is 2. The average Bonchev–Trinajstić information content (AvgIpc) is 2.37. The van der Waals surface area contributed by atoms with E-state index in [1.807, 2.05) is 6.92 Å². The summed E-state index contributed by atoms with van der Waals surface area (Å²) in [6.07, 6.45) is 1.65. The molecule has 0 aliphatic carbocycles. The summed E-state index contributed by atoms with van der Waals surface area (Å²) < 4.78 is 0. The van der Waals surface area contributed by atoms with Crippen molar-refractivity contribution < 1.29 is 0 Å². The SMILES string of the molecule is Cc1cccc(CN(C)C2CN(c3cc(C)ncn3)C2)c1. The zero-order chi connectivity index (χ0) is 14.8. The smallest absolute Gasteiger partial charge is 0.132 e. The molecule has 0 spiro atoms. The van der Waals surface area contributed by atoms with Gasteiger partial charge in [-0.1, -0.05) is 29.8 Å². The van der Waals surface area contributed by atoms with Gasteiger partial charge in [-0.05, 0) is 26.5 Å². The maximum atomic E-state index is 4.35. The molecule has 0 N–H and O–H groups in total. The lowest BCUT2D eigenvalue weighted by atomic mass is 10.1. The number of hydrogen-bond acceptors (Lipinski definition) is 4. The fourth-order valence-corrected chi connectivity index (χ4v) is 2.76. The Balaban J connectivity index is 1.56. The van der Waals surface area contributed by atoms with Gasteiger partial charge in [0.2, 0.25) is 0 Å². The second-order valence-corrected chi connectivity index (χ2v) is 5.98. The number of nitrogens with zero attached hydrogens (tertiary/aromatic N) is 4. The van der Waals surface area contributed by atoms with E-state index in [2.05, 4.69) is 64.1 Å². The second-order valence-electron chi connectivity index (χ2n) is 5.98. The van der Waals surface area contributed by atoms with Gasteiger partial charge in [0.15, 0.2) is 0 Å². The minimum Gasteiger partial charge on any atom is -0.353 e. The van der Waals surface area contributed by atoms with Crippen LogP contribution >= 0.6 is 0 Å². The summed E-state index contributed by atoms with van der Waals surface area (Å²) in [6, 6.07) is 11.4. The lowest BCUT2D eigenvalue weighted by Gasteiger charge is -2.44. The van der Waals surface area contributed by atoms with Gasteiger partial charge in [0.05, 0.1) is 0 Å². The van der Waals surface area contributed by atoms with E-state index in [-0.39, 0.29) is 0 Å². The van der Waals surface area contributed by atoms with E-state index < -0.39 is 0 Å². The van der Waals surface area contributed by atoms with Gasteiger partial charge in [-0.25, -0.2) is 9.97 Å². The molecule has 1 aromatic carbocycles. The monoisotopic (exact) mass is 282 g/mol. The normalized spacial score (nSPS) is 15.3. The Bertz CT molecular complexity index is 620. The highest BCUT2D eigenvalue weighted by molar-refractivity contribution is 5.42. The summed E-state index contributed by atoms with van der Waals surface area (Å²) in [7, 11) is 2.20. The van der Waals surface area contributed by atoms with Gasteiger partial charge in [-0.15, -0.1) is 0 Å². The summed E-state index contributed by atoms with van der Waals surface area (Å²) in [5.41, 5.74) is 3.73. The number of anilines is 1. The van der Waals surface area contributed by atoms with Crippen LogP contribution in [0.15, 0.2) is 36.7 Å². The van der Waals surface area contributed by atoms with Gasteiger partial charge in [0.25, 0.3) is 0 Å². The van der Waals surface area contributed by atoms with E-state index in [9.17, 15) is 0 Å². The highest BCUT2D eigenvalue weighted by Crippen LogP contribution is 2.22. The van der Waals surface area contributed by atoms with Crippen molar-refractivity contribution in [1.29, 1.82) is 0 Å². The molecule has 0 saturated carbocycles. The predicted octanol–water partition coefficient (Wildman–Crippen LogP) is 2.41. The summed E-state index contributed by atoms with van der Waals surface area (Å²) >= 11 is 0. The zero-order valence-corrected chi connectivity index (χ0v) is 13.0. The molecule has 0 radical (unpaired) electrons. The number of hydrogen-bond donors (Lipinski definition) is 0. The minimum atomic E-state index is 0.598. The summed E-state index contributed by atoms with van der Waals surface area (Å²) in [5, 5.41) is 0. The van der Waals surface area contributed by atoms with Crippen LogP contribution in [0, 0.1) is 13.8 Å². The van der Waals surface area contributed by atoms with Crippen molar-refractivity contribution in [3.63, 3.8) is 0 Å². The van der Waals surface area contributed by atoms with Gasteiger partial charge in [-0.3, -0.25) is 4.90 Å². The number of aryl methyl sites for hydroxylation is 2. The fourth-order valence-electron chi connectivity index (χ4n) is 2.76. The van der Waals surface area contributed by atoms with Crippen LogP contribution in [0.3, 0.4) is 0 Å². The van der Waals surface area contributed by atoms with E-state index in [1.165, 1.54) is 11.1 Å². The predicted molar refractivity (Wildman–Crippen MR) is 85.4 cm³/mol. The van der Waals surface area contributed by atoms with E-state index in [1.54, 1.807) is 6.33 Å². The number of rotatable bonds is 4. The quantitative estimate of drug-likeness (QED) is 0.862. The van der Waals surface area contributed by atoms with E-state index in [4.69, 9.17) is 0 Å². The molecule has 2 heterocycles. The molecule has 0 bridgehead atoms. The van der Waals surface area contributed by atoms with Gasteiger partial charge < -0.3 is 4.90 Å². The Morgan fingerprint density at radius 2 is 2.00 bits per heavy atom. The molecule has 21 heavy (non-hydrogen) atoms. The van der Waals surface area contributed by atoms with Gasteiger partial charge >= 0.3 is 0 Å². The molecule has 1 aliphatic rings. The Morgan fingerprint density at radius 1 is 1.19 bits per heavy atom. The molecule has 1 saturated heterocycles. The summed E-state index contributed by atoms with van der Waals surface area (Å²) in [4.78, 5) is 13.2. The van der Waals surface area contributed by atoms with Gasteiger partial charge in [0, 0.05) is 37.4 Å². The van der Waals surface area contributed by atoms with Crippen LogP contribution in [0.2, 0.25) is 0 Å². The molecular weight excluding hydrogens is 260 g/mol. The highest BCUT2D eigenvalue weighted by Gasteiger charge is 2.30. The zero-order valence-electron chi connectivity index (χ0n) is 13.0. The van der Waals surface area contributed by atoms with Crippen LogP contribution in [-0.2, 0) is 6.54 Å². The first kappa shape index (κ1) is 14.0. The van der Waals surface area contributed by atoms with Crippen molar-refractivity contribution in [1.82, 2.24) is 14.9 Å². The van der Waals surface area contributed by atoms with Gasteiger partial charge in [-0.2, -0.15) is 0 Å². The topological polar surface area (TPSA) is 32.3 Å². The van der Waals surface area contributed by atoms with Crippen LogP contribution < -0.4 is 4.90 Å². The standard InChI is InChI=1S/C17H22N4/c1-13-5-4-6-15(7-13)9-20(3)16-10-21(11-16)17-8-14(2)18-12-19-17/h4-8,12,16H,9-11H2,1-3H3. The molecule has 0 amide bonds. The first-order valence-corrected chi connectivity index (χ1v) is 7.41. The van der Waals surface area contributed by atoms with Gasteiger partial charge in [0.1, 0.15) is 12.1 Å². The molecule has 1 fully saturated rings. The molecule has 2 aromatic rings. The minimum absolute atomic E-state index is 0.598. The van der Waals surface area contributed by atoms with E-state index >= 15 is 0 Å². The van der Waals surface area contributed by atoms with Crippen LogP contribution in [0.4, 0.5) is 5.82 Å². The Morgan fingerprint density at radius 3 is 2.71 bits per heavy atom. The first-order valence-electron chi connectivity index (χ1n) is 7.41. The van der Waals surface area contributed by atoms with Crippen molar-refractivity contribution in [3.05, 3.63) is 53.5 Å². The maximum absolute atomic E-state index is 4.35. The van der Waals surface area contributed by atoms with Crippen LogP contribution in [0.1, 0.15) is 16.8 Å². The molecule has 1 aromatic heterocycles. The Kier molecular flexibility index (Phi) is 3.88. The summed E-state index contributed by atoms with van der Waals surface area (Å²) in [6.45, 7) is 7.23. The lowest BCUT2D eigenvalue weighted by molar-refractivity contribution is 0.196. The summed E-state index contributed by atoms with van der Waals surface area (Å²) in [5.74, 6) is 1.04. The maximum Gasteiger partial charge on any atom is 0.132 e. The van der Waals surface area contributed by atoms with Crippen molar-refractivity contribution in [3.8, 4) is 0 Å². The van der Waals surface area contributed by atoms with E-state index in [0.717, 1.165) is 31.1 Å². The average molecular weight is 282 g/mol. The third kappa shape index (κ3) is 3.22. The number of likely N-dealkylation sites (N-methyl/N-ethyl adjacent to an activating group) is 1. The van der Waals surface area contributed by atoms with Crippen LogP contribution in [0.25, 0.3) is 0 Å². The fraction of sp³-hybridized carbons (Fsp3) is 0.412. The van der Waals surface area contributed by atoms with Crippen molar-refractivity contribution in [2.24, 2.45) is 0 Å². The lowest BCUT2D eigenvalue weighted by Crippen LogP contribution is -2.58. The third-order valence-corrected chi connectivity index (χ3v) is 4.11. The Hall–Kier alpha value is -1.94. The molecular formula is C17H22N4. The second kappa shape index (κ2) is 5.82. The van der Waals surface area contributed by atoms with Crippen LogP contribution in [-0.4, -0.2) is 41.0 Å². The molecule has 4 heteroatoms. The third-order valence-electron chi connectivity index (χ3n) is 4.11. The van der Waals surface area contributed by atoms with E-state index in [0.29, 0.717) is 6.04 Å². The first-order chi connectivity index (χ1) is 10.1. The molecule has 1 aliphatic heterocycles. The number of benzene rings is 1. The van der Waals surface area contributed by atoms with Crippen LogP contribution in [0.5, 0.6) is 0 Å². The molecule has 110 valence electrons.